The first-order chi connectivity index (χ1) is 13.2. The topological polar surface area (TPSA) is 108 Å². The number of hydrogen-bond acceptors (Lipinski definition) is 6. The minimum atomic E-state index is -0.540. The molecule has 0 saturated carbocycles. The molecule has 2 aromatic rings. The second-order valence-corrected chi connectivity index (χ2v) is 7.76. The monoisotopic (exact) mass is 388 g/mol. The van der Waals surface area contributed by atoms with Crippen LogP contribution in [0.15, 0.2) is 21.2 Å². The largest absolute Gasteiger partial charge is 0.341 e. The van der Waals surface area contributed by atoms with E-state index >= 15 is 0 Å². The summed E-state index contributed by atoms with van der Waals surface area (Å²) in [5.74, 6) is 0.381. The van der Waals surface area contributed by atoms with Crippen LogP contribution in [0.4, 0.5) is 5.95 Å². The van der Waals surface area contributed by atoms with E-state index in [0.29, 0.717) is 30.2 Å². The number of rotatable bonds is 5. The number of ketones is 1. The summed E-state index contributed by atoms with van der Waals surface area (Å²) in [6.45, 7) is 6.97. The number of aryl methyl sites for hydroxylation is 1. The fourth-order valence-corrected chi connectivity index (χ4v) is 3.60. The van der Waals surface area contributed by atoms with Gasteiger partial charge in [0.25, 0.3) is 5.56 Å². The molecule has 3 rings (SSSR count). The maximum atomic E-state index is 13.1. The van der Waals surface area contributed by atoms with Crippen LogP contribution in [0.3, 0.4) is 0 Å². The highest BCUT2D eigenvalue weighted by atomic mass is 16.2. The third-order valence-corrected chi connectivity index (χ3v) is 5.02. The molecule has 2 aromatic heterocycles. The predicted octanol–water partition coefficient (Wildman–Crippen LogP) is 0.379. The fourth-order valence-electron chi connectivity index (χ4n) is 3.60. The summed E-state index contributed by atoms with van der Waals surface area (Å²) in [6.07, 6.45) is 3.91. The maximum Gasteiger partial charge on any atom is 0.332 e. The molecule has 9 heteroatoms. The van der Waals surface area contributed by atoms with Crippen LogP contribution < -0.4 is 21.9 Å². The van der Waals surface area contributed by atoms with Crippen molar-refractivity contribution in [3.63, 3.8) is 0 Å². The quantitative estimate of drug-likeness (QED) is 0.742. The van der Waals surface area contributed by atoms with E-state index < -0.39 is 11.2 Å². The number of Topliss-reactive ketones (excluding diaryl/α,β-unsaturated/α-hetero) is 1. The molecule has 3 heterocycles. The Balaban J connectivity index is 2.30. The molecular weight excluding hydrogens is 360 g/mol. The number of anilines is 1. The smallest absolute Gasteiger partial charge is 0.332 e. The number of nitrogens with zero attached hydrogens (tertiary/aromatic N) is 5. The van der Waals surface area contributed by atoms with Crippen LogP contribution >= 0.6 is 0 Å². The first-order valence-electron chi connectivity index (χ1n) is 9.54. The summed E-state index contributed by atoms with van der Waals surface area (Å²) in [5, 5.41) is 0. The van der Waals surface area contributed by atoms with E-state index in [1.807, 2.05) is 24.5 Å². The first-order valence-corrected chi connectivity index (χ1v) is 9.54. The number of nitrogens with two attached hydrogens (primary N) is 1. The average molecular weight is 388 g/mol. The molecule has 28 heavy (non-hydrogen) atoms. The maximum absolute atomic E-state index is 13.1. The van der Waals surface area contributed by atoms with E-state index in [9.17, 15) is 14.4 Å². The van der Waals surface area contributed by atoms with Gasteiger partial charge in [-0.25, -0.2) is 4.79 Å². The van der Waals surface area contributed by atoms with E-state index in [0.717, 1.165) is 29.5 Å². The van der Waals surface area contributed by atoms with Gasteiger partial charge in [0.1, 0.15) is 5.78 Å². The summed E-state index contributed by atoms with van der Waals surface area (Å²) in [6, 6.07) is 0.0451. The van der Waals surface area contributed by atoms with Gasteiger partial charge in [-0.2, -0.15) is 4.98 Å². The minimum Gasteiger partial charge on any atom is -0.341 e. The van der Waals surface area contributed by atoms with Gasteiger partial charge in [-0.3, -0.25) is 18.7 Å². The molecule has 2 N–H and O–H groups in total. The van der Waals surface area contributed by atoms with Gasteiger partial charge in [-0.1, -0.05) is 11.6 Å². The molecule has 0 aliphatic carbocycles. The van der Waals surface area contributed by atoms with Crippen LogP contribution in [0, 0.1) is 0 Å². The van der Waals surface area contributed by atoms with Crippen molar-refractivity contribution in [2.75, 3.05) is 18.0 Å². The summed E-state index contributed by atoms with van der Waals surface area (Å²) in [7, 11) is 1.57. The zero-order chi connectivity index (χ0) is 20.6. The molecule has 1 fully saturated rings. The number of piperidine rings is 1. The Labute approximate surface area is 163 Å². The summed E-state index contributed by atoms with van der Waals surface area (Å²) in [5.41, 5.74) is 6.87. The zero-order valence-corrected chi connectivity index (χ0v) is 16.9. The van der Waals surface area contributed by atoms with E-state index in [1.54, 1.807) is 7.05 Å². The molecule has 0 spiro atoms. The van der Waals surface area contributed by atoms with Gasteiger partial charge in [-0.15, -0.1) is 0 Å². The highest BCUT2D eigenvalue weighted by Gasteiger charge is 2.26. The number of carbonyl (C=O) groups is 1. The van der Waals surface area contributed by atoms with Gasteiger partial charge < -0.3 is 15.2 Å². The summed E-state index contributed by atoms with van der Waals surface area (Å²) >= 11 is 0. The lowest BCUT2D eigenvalue weighted by molar-refractivity contribution is -0.117. The molecule has 0 amide bonds. The summed E-state index contributed by atoms with van der Waals surface area (Å²) in [4.78, 5) is 44.1. The molecule has 1 unspecified atom stereocenters. The molecule has 0 radical (unpaired) electrons. The Morgan fingerprint density at radius 1 is 1.25 bits per heavy atom. The van der Waals surface area contributed by atoms with Crippen LogP contribution in [0.5, 0.6) is 0 Å². The molecular formula is C19H28N6O3. The van der Waals surface area contributed by atoms with Crippen molar-refractivity contribution in [1.29, 1.82) is 0 Å². The van der Waals surface area contributed by atoms with Crippen LogP contribution in [0.2, 0.25) is 0 Å². The van der Waals surface area contributed by atoms with Crippen LogP contribution in [-0.4, -0.2) is 43.6 Å². The average Bonchev–Trinajstić information content (AvgIpc) is 3.01. The fraction of sp³-hybridized carbons (Fsp3) is 0.579. The normalized spacial score (nSPS) is 17.2. The Hall–Kier alpha value is -2.68. The number of fused-ring (bicyclic) bond motifs is 1. The van der Waals surface area contributed by atoms with Crippen LogP contribution in [0.25, 0.3) is 11.2 Å². The third-order valence-electron chi connectivity index (χ3n) is 5.02. The van der Waals surface area contributed by atoms with Gasteiger partial charge >= 0.3 is 5.69 Å². The Morgan fingerprint density at radius 2 is 1.96 bits per heavy atom. The molecule has 1 aliphatic rings. The van der Waals surface area contributed by atoms with E-state index in [4.69, 9.17) is 5.73 Å². The highest BCUT2D eigenvalue weighted by Crippen LogP contribution is 2.23. The van der Waals surface area contributed by atoms with Crippen LogP contribution in [-0.2, 0) is 24.9 Å². The minimum absolute atomic E-state index is 0.0451. The van der Waals surface area contributed by atoms with E-state index in [1.165, 1.54) is 11.5 Å². The van der Waals surface area contributed by atoms with E-state index in [2.05, 4.69) is 9.88 Å². The van der Waals surface area contributed by atoms with Crippen molar-refractivity contribution in [3.05, 3.63) is 32.5 Å². The van der Waals surface area contributed by atoms with Crippen molar-refractivity contribution >= 4 is 22.9 Å². The number of aromatic nitrogens is 4. The van der Waals surface area contributed by atoms with Gasteiger partial charge in [0.05, 0.1) is 6.54 Å². The summed E-state index contributed by atoms with van der Waals surface area (Å²) < 4.78 is 4.15. The lowest BCUT2D eigenvalue weighted by Crippen LogP contribution is -2.44. The zero-order valence-electron chi connectivity index (χ0n) is 16.9. The molecule has 0 bridgehead atoms. The van der Waals surface area contributed by atoms with Gasteiger partial charge in [0.2, 0.25) is 5.95 Å². The van der Waals surface area contributed by atoms with E-state index in [-0.39, 0.29) is 18.4 Å². The molecule has 0 aromatic carbocycles. The third kappa shape index (κ3) is 3.66. The lowest BCUT2D eigenvalue weighted by atomic mass is 10.1. The van der Waals surface area contributed by atoms with Crippen LogP contribution in [0.1, 0.15) is 33.6 Å². The lowest BCUT2D eigenvalue weighted by Gasteiger charge is -2.31. The van der Waals surface area contributed by atoms with Gasteiger partial charge in [0, 0.05) is 32.7 Å². The SMILES string of the molecule is CC(=O)Cn1c(=O)c2c(nc(N3CCCC(N)C3)n2CC=C(C)C)n(C)c1=O. The molecule has 1 atom stereocenters. The Kier molecular flexibility index (Phi) is 5.55. The standard InChI is InChI=1S/C19H28N6O3/c1-12(2)7-9-24-15-16(21-18(24)23-8-5-6-14(20)11-23)22(4)19(28)25(17(15)27)10-13(3)26/h7,14H,5-6,8-11,20H2,1-4H3. The van der Waals surface area contributed by atoms with Crippen molar-refractivity contribution < 1.29 is 4.79 Å². The molecule has 1 aliphatic heterocycles. The van der Waals surface area contributed by atoms with Gasteiger partial charge in [0.15, 0.2) is 11.2 Å². The van der Waals surface area contributed by atoms with Gasteiger partial charge in [-0.05, 0) is 33.6 Å². The van der Waals surface area contributed by atoms with Crippen molar-refractivity contribution in [2.24, 2.45) is 12.8 Å². The van der Waals surface area contributed by atoms with Crippen molar-refractivity contribution in [3.8, 4) is 0 Å². The molecule has 1 saturated heterocycles. The van der Waals surface area contributed by atoms with Crippen molar-refractivity contribution in [1.82, 2.24) is 18.7 Å². The highest BCUT2D eigenvalue weighted by molar-refractivity contribution is 5.77. The predicted molar refractivity (Wildman–Crippen MR) is 109 cm³/mol. The Bertz CT molecular complexity index is 1050. The first kappa shape index (κ1) is 20.1. The second kappa shape index (κ2) is 7.75. The second-order valence-electron chi connectivity index (χ2n) is 7.76. The number of allylic oxidation sites excluding steroid dienone is 2. The number of imidazole rings is 1. The molecule has 9 nitrogen and oxygen atoms in total. The molecule has 152 valence electrons. The number of carbonyl (C=O) groups excluding carboxylic acids is 1. The number of hydrogen-bond donors (Lipinski definition) is 1. The Morgan fingerprint density at radius 3 is 2.57 bits per heavy atom. The van der Waals surface area contributed by atoms with Crippen molar-refractivity contribution in [2.45, 2.75) is 52.7 Å².